The maximum Gasteiger partial charge on any atom is 0.416 e. The van der Waals surface area contributed by atoms with Gasteiger partial charge in [-0.1, -0.05) is 12.1 Å². The van der Waals surface area contributed by atoms with Gasteiger partial charge in [0.25, 0.3) is 0 Å². The van der Waals surface area contributed by atoms with E-state index >= 15 is 0 Å². The van der Waals surface area contributed by atoms with E-state index in [1.54, 1.807) is 6.20 Å². The Bertz CT molecular complexity index is 934. The van der Waals surface area contributed by atoms with E-state index in [2.05, 4.69) is 0 Å². The Hall–Kier alpha value is -2.12. The topological polar surface area (TPSA) is 45.4 Å². The molecule has 5 rings (SSSR count). The monoisotopic (exact) mass is 405 g/mol. The first-order chi connectivity index (χ1) is 13.9. The predicted octanol–water partition coefficient (Wildman–Crippen LogP) is 4.34. The van der Waals surface area contributed by atoms with E-state index in [1.807, 2.05) is 0 Å². The van der Waals surface area contributed by atoms with Crippen molar-refractivity contribution in [1.29, 1.82) is 0 Å². The number of ether oxygens (including phenoxy) is 2. The van der Waals surface area contributed by atoms with E-state index < -0.39 is 23.4 Å². The molecule has 1 unspecified atom stereocenters. The normalized spacial score (nSPS) is 23.1. The number of halogens is 3. The van der Waals surface area contributed by atoms with Gasteiger partial charge in [-0.2, -0.15) is 17.9 Å². The van der Waals surface area contributed by atoms with Crippen LogP contribution in [-0.2, 0) is 34.1 Å². The predicted molar refractivity (Wildman–Crippen MR) is 98.1 cm³/mol. The fourth-order valence-electron chi connectivity index (χ4n) is 5.09. The Kier molecular flexibility index (Phi) is 4.37. The zero-order valence-electron chi connectivity index (χ0n) is 15.9. The van der Waals surface area contributed by atoms with Crippen molar-refractivity contribution in [3.8, 4) is 0 Å². The summed E-state index contributed by atoms with van der Waals surface area (Å²) in [5.74, 6) is 0. The molecule has 1 fully saturated rings. The van der Waals surface area contributed by atoms with Crippen LogP contribution in [0.5, 0.6) is 0 Å². The first-order valence-corrected chi connectivity index (χ1v) is 10.1. The van der Waals surface area contributed by atoms with E-state index in [0.717, 1.165) is 64.9 Å². The van der Waals surface area contributed by atoms with Gasteiger partial charge in [-0.05, 0) is 37.0 Å². The minimum atomic E-state index is -4.38. The number of fused-ring (bicyclic) bond motifs is 4. The molecule has 2 aromatic rings. The van der Waals surface area contributed by atoms with Crippen molar-refractivity contribution in [2.45, 2.75) is 56.4 Å². The molecule has 1 spiro atoms. The van der Waals surface area contributed by atoms with Gasteiger partial charge in [-0.15, -0.1) is 0 Å². The summed E-state index contributed by atoms with van der Waals surface area (Å²) in [5.41, 5.74) is 3.20. The summed E-state index contributed by atoms with van der Waals surface area (Å²) in [6.07, 6.45) is 1.65. The van der Waals surface area contributed by atoms with Crippen LogP contribution in [0.4, 0.5) is 13.2 Å². The minimum absolute atomic E-state index is 0.531. The van der Waals surface area contributed by atoms with Gasteiger partial charge in [0.15, 0.2) is 11.9 Å². The van der Waals surface area contributed by atoms with E-state index in [9.17, 15) is 18.4 Å². The van der Waals surface area contributed by atoms with Gasteiger partial charge < -0.3 is 14.7 Å². The Morgan fingerprint density at radius 3 is 2.41 bits per heavy atom. The summed E-state index contributed by atoms with van der Waals surface area (Å²) in [6.45, 7) is 1.14. The van der Waals surface area contributed by atoms with Crippen molar-refractivity contribution in [2.24, 2.45) is 0 Å². The molecule has 29 heavy (non-hydrogen) atoms. The van der Waals surface area contributed by atoms with Gasteiger partial charge >= 0.3 is 6.18 Å². The van der Waals surface area contributed by atoms with Crippen LogP contribution in [-0.4, -0.2) is 13.2 Å². The van der Waals surface area contributed by atoms with Crippen molar-refractivity contribution in [1.82, 2.24) is 0 Å². The zero-order valence-corrected chi connectivity index (χ0v) is 15.9. The van der Waals surface area contributed by atoms with E-state index in [-0.39, 0.29) is 0 Å². The Balaban J connectivity index is 1.64. The van der Waals surface area contributed by atoms with Crippen LogP contribution in [0.3, 0.4) is 0 Å². The smallest absolute Gasteiger partial charge is 0.416 e. The van der Waals surface area contributed by atoms with E-state index in [0.29, 0.717) is 31.6 Å². The number of hydrogen-bond acceptors (Lipinski definition) is 3. The summed E-state index contributed by atoms with van der Waals surface area (Å²) in [7, 11) is 0. The summed E-state index contributed by atoms with van der Waals surface area (Å²) in [6, 6.07) is 5.09. The SMILES string of the molecule is [O-][n+]1cc2c(c3c1CCCC3)C1(CCOCC1)OC2c1ccc(C(F)(F)F)cc1. The molecule has 1 aromatic heterocycles. The van der Waals surface area contributed by atoms with Crippen LogP contribution < -0.4 is 4.73 Å². The van der Waals surface area contributed by atoms with Gasteiger partial charge in [0.05, 0.1) is 16.7 Å². The number of alkyl halides is 3. The molecule has 1 saturated heterocycles. The second kappa shape index (κ2) is 6.71. The van der Waals surface area contributed by atoms with Gasteiger partial charge in [-0.25, -0.2) is 0 Å². The minimum Gasteiger partial charge on any atom is -0.618 e. The number of pyridine rings is 1. The largest absolute Gasteiger partial charge is 0.618 e. The number of nitrogens with zero attached hydrogens (tertiary/aromatic N) is 1. The highest BCUT2D eigenvalue weighted by atomic mass is 19.4. The van der Waals surface area contributed by atoms with Gasteiger partial charge in [0.1, 0.15) is 6.10 Å². The van der Waals surface area contributed by atoms with Crippen LogP contribution in [0.25, 0.3) is 0 Å². The summed E-state index contributed by atoms with van der Waals surface area (Å²) in [4.78, 5) is 0. The van der Waals surface area contributed by atoms with Crippen LogP contribution in [0, 0.1) is 5.21 Å². The molecule has 0 N–H and O–H groups in total. The van der Waals surface area contributed by atoms with Crippen molar-refractivity contribution in [3.63, 3.8) is 0 Å². The molecule has 3 aliphatic rings. The fourth-order valence-corrected chi connectivity index (χ4v) is 5.09. The first kappa shape index (κ1) is 18.9. The quantitative estimate of drug-likeness (QED) is 0.524. The number of aromatic nitrogens is 1. The van der Waals surface area contributed by atoms with Crippen molar-refractivity contribution in [2.75, 3.05) is 13.2 Å². The summed E-state index contributed by atoms with van der Waals surface area (Å²) in [5, 5.41) is 12.7. The van der Waals surface area contributed by atoms with Crippen molar-refractivity contribution in [3.05, 3.63) is 69.2 Å². The summed E-state index contributed by atoms with van der Waals surface area (Å²) >= 11 is 0. The Morgan fingerprint density at radius 2 is 1.72 bits per heavy atom. The molecule has 154 valence electrons. The lowest BCUT2D eigenvalue weighted by Crippen LogP contribution is -2.39. The molecular formula is C22H22F3NO3. The average molecular weight is 405 g/mol. The van der Waals surface area contributed by atoms with Crippen LogP contribution in [0.1, 0.15) is 65.3 Å². The molecule has 1 aromatic carbocycles. The first-order valence-electron chi connectivity index (χ1n) is 10.1. The lowest BCUT2D eigenvalue weighted by atomic mass is 9.78. The lowest BCUT2D eigenvalue weighted by Gasteiger charge is -2.35. The lowest BCUT2D eigenvalue weighted by molar-refractivity contribution is -0.615. The molecule has 7 heteroatoms. The molecule has 0 amide bonds. The van der Waals surface area contributed by atoms with Crippen molar-refractivity contribution >= 4 is 0 Å². The maximum atomic E-state index is 13.0. The molecular weight excluding hydrogens is 383 g/mol. The molecule has 2 aliphatic heterocycles. The third-order valence-electron chi connectivity index (χ3n) is 6.47. The number of benzene rings is 1. The average Bonchev–Trinajstić information content (AvgIpc) is 3.02. The van der Waals surface area contributed by atoms with E-state index in [4.69, 9.17) is 9.47 Å². The highest BCUT2D eigenvalue weighted by molar-refractivity contribution is 5.48. The van der Waals surface area contributed by atoms with Gasteiger partial charge in [-0.3, -0.25) is 0 Å². The van der Waals surface area contributed by atoms with Gasteiger partial charge in [0, 0.05) is 43.6 Å². The van der Waals surface area contributed by atoms with Crippen LogP contribution in [0.2, 0.25) is 0 Å². The van der Waals surface area contributed by atoms with Crippen molar-refractivity contribution < 1.29 is 27.4 Å². The van der Waals surface area contributed by atoms with Crippen LogP contribution >= 0.6 is 0 Å². The molecule has 1 atom stereocenters. The third-order valence-corrected chi connectivity index (χ3v) is 6.47. The molecule has 3 heterocycles. The highest BCUT2D eigenvalue weighted by Gasteiger charge is 2.50. The summed E-state index contributed by atoms with van der Waals surface area (Å²) < 4.78 is 52.0. The molecule has 4 nitrogen and oxygen atoms in total. The van der Waals surface area contributed by atoms with Crippen LogP contribution in [0.15, 0.2) is 30.5 Å². The molecule has 0 bridgehead atoms. The Morgan fingerprint density at radius 1 is 1.03 bits per heavy atom. The number of rotatable bonds is 1. The van der Waals surface area contributed by atoms with Gasteiger partial charge in [0.2, 0.25) is 0 Å². The highest BCUT2D eigenvalue weighted by Crippen LogP contribution is 2.53. The molecule has 1 aliphatic carbocycles. The number of hydrogen-bond donors (Lipinski definition) is 0. The Labute approximate surface area is 166 Å². The maximum absolute atomic E-state index is 13.0. The molecule has 0 radical (unpaired) electrons. The second-order valence-electron chi connectivity index (χ2n) is 8.14. The second-order valence-corrected chi connectivity index (χ2v) is 8.14. The fraction of sp³-hybridized carbons (Fsp3) is 0.500. The standard InChI is InChI=1S/C22H22F3NO3/c23-22(24,25)15-7-5-14(6-8-15)20-17-13-26(27)18-4-2-1-3-16(18)19(17)21(29-20)9-11-28-12-10-21/h5-8,13,20H,1-4,9-12H2. The third kappa shape index (κ3) is 3.02. The zero-order chi connectivity index (χ0) is 20.2. The van der Waals surface area contributed by atoms with E-state index in [1.165, 1.54) is 12.1 Å². The molecule has 0 saturated carbocycles.